The molecule has 0 aliphatic heterocycles. The van der Waals surface area contributed by atoms with Gasteiger partial charge in [0.05, 0.1) is 15.9 Å². The Balaban J connectivity index is 3.10. The Morgan fingerprint density at radius 3 is 2.40 bits per heavy atom. The van der Waals surface area contributed by atoms with Gasteiger partial charge in [0.2, 0.25) is 9.84 Å². The first-order valence-electron chi connectivity index (χ1n) is 4.67. The van der Waals surface area contributed by atoms with Gasteiger partial charge in [-0.15, -0.1) is 0 Å². The number of sulfone groups is 1. The topological polar surface area (TPSA) is 54.4 Å². The fraction of sp³-hybridized carbons (Fsp3) is 0.273. The van der Waals surface area contributed by atoms with E-state index in [2.05, 4.69) is 6.58 Å². The third-order valence-corrected chi connectivity index (χ3v) is 4.01. The predicted molar refractivity (Wildman–Crippen MR) is 59.1 cm³/mol. The maximum Gasteiger partial charge on any atom is 0.204 e. The summed E-state index contributed by atoms with van der Waals surface area (Å²) in [4.78, 5) is 0.0266. The number of hydrogen-bond donors (Lipinski definition) is 1. The van der Waals surface area contributed by atoms with Gasteiger partial charge in [-0.3, -0.25) is 0 Å². The molecule has 0 unspecified atom stereocenters. The van der Waals surface area contributed by atoms with Crippen LogP contribution < -0.4 is 0 Å². The molecule has 1 aromatic rings. The normalized spacial score (nSPS) is 13.5. The van der Waals surface area contributed by atoms with Crippen molar-refractivity contribution in [1.29, 1.82) is 0 Å². The van der Waals surface area contributed by atoms with E-state index in [1.165, 1.54) is 12.1 Å². The van der Waals surface area contributed by atoms with Crippen LogP contribution in [0.15, 0.2) is 46.7 Å². The highest BCUT2D eigenvalue weighted by Crippen LogP contribution is 2.21. The molecule has 0 heterocycles. The lowest BCUT2D eigenvalue weighted by Gasteiger charge is -2.12. The maximum atomic E-state index is 11.9. The van der Waals surface area contributed by atoms with E-state index in [1.807, 2.05) is 0 Å². The fourth-order valence-corrected chi connectivity index (χ4v) is 2.50. The number of hydrogen-bond acceptors (Lipinski definition) is 3. The summed E-state index contributed by atoms with van der Waals surface area (Å²) >= 11 is 0. The average Bonchev–Trinajstić information content (AvgIpc) is 2.28. The van der Waals surface area contributed by atoms with E-state index in [4.69, 9.17) is 0 Å². The van der Waals surface area contributed by atoms with Gasteiger partial charge < -0.3 is 5.11 Å². The molecule has 0 aromatic heterocycles. The third-order valence-electron chi connectivity index (χ3n) is 2.16. The minimum absolute atomic E-state index is 0.142. The molecule has 0 saturated carbocycles. The van der Waals surface area contributed by atoms with Crippen molar-refractivity contribution in [2.75, 3.05) is 0 Å². The molecule has 1 rings (SSSR count). The molecule has 82 valence electrons. The first-order valence-corrected chi connectivity index (χ1v) is 6.15. The molecular formula is C11H14O3S. The molecular weight excluding hydrogens is 212 g/mol. The molecule has 1 aromatic carbocycles. The first kappa shape index (κ1) is 11.9. The maximum absolute atomic E-state index is 11.9. The van der Waals surface area contributed by atoms with Crippen LogP contribution in [-0.4, -0.2) is 19.6 Å². The zero-order valence-electron chi connectivity index (χ0n) is 8.55. The van der Waals surface area contributed by atoms with Gasteiger partial charge in [-0.05, 0) is 18.6 Å². The van der Waals surface area contributed by atoms with Gasteiger partial charge in [-0.2, -0.15) is 0 Å². The summed E-state index contributed by atoms with van der Waals surface area (Å²) < 4.78 is 23.7. The molecule has 3 nitrogen and oxygen atoms in total. The van der Waals surface area contributed by atoms with Crippen LogP contribution in [0.4, 0.5) is 0 Å². The highest BCUT2D eigenvalue weighted by atomic mass is 32.2. The molecule has 0 bridgehead atoms. The monoisotopic (exact) mass is 226 g/mol. The minimum Gasteiger partial charge on any atom is -0.388 e. The summed E-state index contributed by atoms with van der Waals surface area (Å²) in [5.41, 5.74) is 0. The van der Waals surface area contributed by atoms with Crippen LogP contribution in [0.2, 0.25) is 0 Å². The van der Waals surface area contributed by atoms with Gasteiger partial charge in [0.25, 0.3) is 0 Å². The zero-order chi connectivity index (χ0) is 11.5. The van der Waals surface area contributed by atoms with Crippen molar-refractivity contribution in [3.05, 3.63) is 41.8 Å². The largest absolute Gasteiger partial charge is 0.388 e. The van der Waals surface area contributed by atoms with Crippen LogP contribution in [0.1, 0.15) is 13.3 Å². The van der Waals surface area contributed by atoms with E-state index < -0.39 is 15.9 Å². The standard InChI is InChI=1S/C11H14O3S/c1-3-11(12)9(2)15(13,14)10-7-5-4-6-8-10/h4-8,11-12H,2-3H2,1H3/t11-/m1/s1. The van der Waals surface area contributed by atoms with Gasteiger partial charge in [0.15, 0.2) is 0 Å². The lowest BCUT2D eigenvalue weighted by molar-refractivity contribution is 0.214. The zero-order valence-corrected chi connectivity index (χ0v) is 9.37. The van der Waals surface area contributed by atoms with Gasteiger partial charge >= 0.3 is 0 Å². The van der Waals surface area contributed by atoms with Crippen LogP contribution in [0.5, 0.6) is 0 Å². The Labute approximate surface area is 90.0 Å². The van der Waals surface area contributed by atoms with E-state index in [9.17, 15) is 13.5 Å². The highest BCUT2D eigenvalue weighted by molar-refractivity contribution is 7.95. The molecule has 15 heavy (non-hydrogen) atoms. The van der Waals surface area contributed by atoms with E-state index >= 15 is 0 Å². The van der Waals surface area contributed by atoms with E-state index in [-0.39, 0.29) is 9.80 Å². The number of aliphatic hydroxyl groups is 1. The summed E-state index contributed by atoms with van der Waals surface area (Å²) in [7, 11) is -3.59. The van der Waals surface area contributed by atoms with Crippen molar-refractivity contribution in [1.82, 2.24) is 0 Å². The molecule has 0 aliphatic rings. The number of rotatable bonds is 4. The summed E-state index contributed by atoms with van der Waals surface area (Å²) in [6.07, 6.45) is -0.666. The third kappa shape index (κ3) is 2.46. The summed E-state index contributed by atoms with van der Waals surface area (Å²) in [5.74, 6) is 0. The highest BCUT2D eigenvalue weighted by Gasteiger charge is 2.23. The molecule has 0 amide bonds. The van der Waals surface area contributed by atoms with Crippen molar-refractivity contribution >= 4 is 9.84 Å². The lowest BCUT2D eigenvalue weighted by Crippen LogP contribution is -2.16. The molecule has 0 saturated heterocycles. The van der Waals surface area contributed by atoms with Crippen LogP contribution >= 0.6 is 0 Å². The van der Waals surface area contributed by atoms with Crippen LogP contribution in [0.25, 0.3) is 0 Å². The predicted octanol–water partition coefficient (Wildman–Crippen LogP) is 1.74. The second-order valence-corrected chi connectivity index (χ2v) is 5.21. The van der Waals surface area contributed by atoms with Crippen molar-refractivity contribution in [3.63, 3.8) is 0 Å². The van der Waals surface area contributed by atoms with Gasteiger partial charge in [-0.1, -0.05) is 31.7 Å². The Bertz CT molecular complexity index is 434. The minimum atomic E-state index is -3.59. The Kier molecular flexibility index (Phi) is 3.66. The van der Waals surface area contributed by atoms with Gasteiger partial charge in [-0.25, -0.2) is 8.42 Å². The molecule has 0 fully saturated rings. The van der Waals surface area contributed by atoms with Gasteiger partial charge in [0.1, 0.15) is 0 Å². The van der Waals surface area contributed by atoms with Crippen molar-refractivity contribution < 1.29 is 13.5 Å². The Hall–Kier alpha value is -1.13. The Morgan fingerprint density at radius 1 is 1.40 bits per heavy atom. The van der Waals surface area contributed by atoms with Crippen LogP contribution in [-0.2, 0) is 9.84 Å². The van der Waals surface area contributed by atoms with Crippen LogP contribution in [0.3, 0.4) is 0 Å². The van der Waals surface area contributed by atoms with E-state index in [0.717, 1.165) is 0 Å². The first-order chi connectivity index (χ1) is 7.00. The smallest absolute Gasteiger partial charge is 0.204 e. The SMILES string of the molecule is C=C([C@H](O)CC)S(=O)(=O)c1ccccc1. The average molecular weight is 226 g/mol. The molecule has 0 aliphatic carbocycles. The van der Waals surface area contributed by atoms with E-state index in [1.54, 1.807) is 25.1 Å². The van der Waals surface area contributed by atoms with Crippen molar-refractivity contribution in [2.45, 2.75) is 24.3 Å². The van der Waals surface area contributed by atoms with Crippen LogP contribution in [0, 0.1) is 0 Å². The molecule has 1 atom stereocenters. The van der Waals surface area contributed by atoms with E-state index in [0.29, 0.717) is 6.42 Å². The summed E-state index contributed by atoms with van der Waals surface area (Å²) in [5, 5.41) is 9.44. The second kappa shape index (κ2) is 4.59. The molecule has 0 radical (unpaired) electrons. The van der Waals surface area contributed by atoms with Crippen molar-refractivity contribution in [3.8, 4) is 0 Å². The lowest BCUT2D eigenvalue weighted by atomic mass is 10.3. The fourth-order valence-electron chi connectivity index (χ4n) is 1.16. The Morgan fingerprint density at radius 2 is 1.93 bits per heavy atom. The molecule has 4 heteroatoms. The van der Waals surface area contributed by atoms with Crippen molar-refractivity contribution in [2.24, 2.45) is 0 Å². The number of benzene rings is 1. The summed E-state index contributed by atoms with van der Waals surface area (Å²) in [6, 6.07) is 7.99. The quantitative estimate of drug-likeness (QED) is 0.851. The molecule has 0 spiro atoms. The number of aliphatic hydroxyl groups excluding tert-OH is 1. The van der Waals surface area contributed by atoms with Gasteiger partial charge in [0, 0.05) is 0 Å². The second-order valence-electron chi connectivity index (χ2n) is 3.21. The summed E-state index contributed by atoms with van der Waals surface area (Å²) in [6.45, 7) is 5.14. The molecule has 1 N–H and O–H groups in total.